The van der Waals surface area contributed by atoms with Gasteiger partial charge in [0.2, 0.25) is 5.91 Å². The van der Waals surface area contributed by atoms with Crippen LogP contribution in [0.4, 0.5) is 5.69 Å². The Balaban J connectivity index is 1.77. The summed E-state index contributed by atoms with van der Waals surface area (Å²) in [4.78, 5) is 12.6. The number of aryl methyl sites for hydroxylation is 1. The van der Waals surface area contributed by atoms with E-state index in [1.54, 1.807) is 6.08 Å². The zero-order valence-electron chi connectivity index (χ0n) is 15.4. The molecule has 0 aliphatic heterocycles. The lowest BCUT2D eigenvalue weighted by Gasteiger charge is -2.13. The summed E-state index contributed by atoms with van der Waals surface area (Å²) in [5, 5.41) is 12.0. The predicted octanol–water partition coefficient (Wildman–Crippen LogP) is 4.56. The van der Waals surface area contributed by atoms with Gasteiger partial charge in [-0.3, -0.25) is 9.36 Å². The fourth-order valence-corrected chi connectivity index (χ4v) is 3.51. The first-order valence-corrected chi connectivity index (χ1v) is 9.60. The third kappa shape index (κ3) is 4.65. The van der Waals surface area contributed by atoms with E-state index in [0.29, 0.717) is 11.7 Å². The highest BCUT2D eigenvalue weighted by Gasteiger charge is 2.20. The predicted molar refractivity (Wildman–Crippen MR) is 111 cm³/mol. The van der Waals surface area contributed by atoms with E-state index in [0.717, 1.165) is 22.6 Å². The van der Waals surface area contributed by atoms with Gasteiger partial charge in [0.15, 0.2) is 11.0 Å². The SMILES string of the molecule is C=CCn1c(S[C@@H](C)C(=O)Nc2cccc(C)c2)nnc1-c1ccccc1. The Morgan fingerprint density at radius 2 is 2.00 bits per heavy atom. The van der Waals surface area contributed by atoms with E-state index in [2.05, 4.69) is 22.1 Å². The molecular weight excluding hydrogens is 356 g/mol. The average Bonchev–Trinajstić information content (AvgIpc) is 3.05. The number of hydrogen-bond acceptors (Lipinski definition) is 4. The molecule has 3 aromatic rings. The van der Waals surface area contributed by atoms with Crippen LogP contribution in [0.1, 0.15) is 12.5 Å². The molecule has 6 heteroatoms. The molecule has 3 rings (SSSR count). The Morgan fingerprint density at radius 3 is 2.70 bits per heavy atom. The summed E-state index contributed by atoms with van der Waals surface area (Å²) < 4.78 is 1.98. The monoisotopic (exact) mass is 378 g/mol. The molecule has 0 bridgehead atoms. The van der Waals surface area contributed by atoms with Crippen molar-refractivity contribution in [1.29, 1.82) is 0 Å². The number of aromatic nitrogens is 3. The maximum atomic E-state index is 12.6. The Labute approximate surface area is 163 Å². The maximum absolute atomic E-state index is 12.6. The molecule has 1 amide bonds. The number of hydrogen-bond donors (Lipinski definition) is 1. The molecule has 1 aromatic heterocycles. The zero-order chi connectivity index (χ0) is 19.2. The number of benzene rings is 2. The van der Waals surface area contributed by atoms with Gasteiger partial charge < -0.3 is 5.32 Å². The van der Waals surface area contributed by atoms with Gasteiger partial charge in [-0.15, -0.1) is 16.8 Å². The fourth-order valence-electron chi connectivity index (χ4n) is 2.65. The van der Waals surface area contributed by atoms with Crippen molar-refractivity contribution < 1.29 is 4.79 Å². The van der Waals surface area contributed by atoms with Crippen molar-refractivity contribution in [2.75, 3.05) is 5.32 Å². The topological polar surface area (TPSA) is 59.8 Å². The molecule has 0 radical (unpaired) electrons. The number of nitrogens with one attached hydrogen (secondary N) is 1. The number of allylic oxidation sites excluding steroid dienone is 1. The normalized spacial score (nSPS) is 11.8. The molecule has 1 heterocycles. The van der Waals surface area contributed by atoms with Gasteiger partial charge in [0, 0.05) is 17.8 Å². The van der Waals surface area contributed by atoms with Gasteiger partial charge in [-0.1, -0.05) is 60.3 Å². The van der Waals surface area contributed by atoms with Crippen molar-refractivity contribution in [3.05, 3.63) is 72.8 Å². The molecule has 138 valence electrons. The lowest BCUT2D eigenvalue weighted by Crippen LogP contribution is -2.23. The second-order valence-electron chi connectivity index (χ2n) is 6.19. The molecule has 0 saturated heterocycles. The summed E-state index contributed by atoms with van der Waals surface area (Å²) in [6.45, 7) is 8.26. The lowest BCUT2D eigenvalue weighted by atomic mass is 10.2. The standard InChI is InChI=1S/C21H22N4OS/c1-4-13-25-19(17-10-6-5-7-11-17)23-24-21(25)27-16(3)20(26)22-18-12-8-9-15(2)14-18/h4-12,14,16H,1,13H2,2-3H3,(H,22,26)/t16-/m0/s1. The van der Waals surface area contributed by atoms with Crippen LogP contribution in [0.25, 0.3) is 11.4 Å². The van der Waals surface area contributed by atoms with Crippen molar-refractivity contribution in [2.24, 2.45) is 0 Å². The van der Waals surface area contributed by atoms with E-state index >= 15 is 0 Å². The first kappa shape index (κ1) is 18.9. The highest BCUT2D eigenvalue weighted by molar-refractivity contribution is 8.00. The molecule has 27 heavy (non-hydrogen) atoms. The van der Waals surface area contributed by atoms with Crippen LogP contribution in [0.15, 0.2) is 72.4 Å². The third-order valence-electron chi connectivity index (χ3n) is 4.00. The first-order valence-electron chi connectivity index (χ1n) is 8.72. The molecule has 0 saturated carbocycles. The van der Waals surface area contributed by atoms with Crippen LogP contribution < -0.4 is 5.32 Å². The van der Waals surface area contributed by atoms with Crippen molar-refractivity contribution >= 4 is 23.4 Å². The summed E-state index contributed by atoms with van der Waals surface area (Å²) in [5.74, 6) is 0.698. The summed E-state index contributed by atoms with van der Waals surface area (Å²) >= 11 is 1.39. The van der Waals surface area contributed by atoms with Crippen LogP contribution in [0.5, 0.6) is 0 Å². The zero-order valence-corrected chi connectivity index (χ0v) is 16.2. The largest absolute Gasteiger partial charge is 0.325 e. The minimum absolute atomic E-state index is 0.0694. The van der Waals surface area contributed by atoms with Crippen LogP contribution in [0.2, 0.25) is 0 Å². The quantitative estimate of drug-likeness (QED) is 0.484. The van der Waals surface area contributed by atoms with Gasteiger partial charge in [0.25, 0.3) is 0 Å². The third-order valence-corrected chi connectivity index (χ3v) is 5.08. The van der Waals surface area contributed by atoms with Crippen molar-refractivity contribution in [1.82, 2.24) is 14.8 Å². The summed E-state index contributed by atoms with van der Waals surface area (Å²) in [6.07, 6.45) is 1.80. The van der Waals surface area contributed by atoms with Gasteiger partial charge >= 0.3 is 0 Å². The summed E-state index contributed by atoms with van der Waals surface area (Å²) in [7, 11) is 0. The fraction of sp³-hybridized carbons (Fsp3) is 0.190. The number of anilines is 1. The molecule has 0 aliphatic rings. The number of rotatable bonds is 7. The molecule has 0 aliphatic carbocycles. The molecule has 5 nitrogen and oxygen atoms in total. The van der Waals surface area contributed by atoms with Gasteiger partial charge in [-0.05, 0) is 31.5 Å². The number of nitrogens with zero attached hydrogens (tertiary/aromatic N) is 3. The van der Waals surface area contributed by atoms with Crippen LogP contribution in [-0.2, 0) is 11.3 Å². The molecule has 0 spiro atoms. The summed E-state index contributed by atoms with van der Waals surface area (Å²) in [5.41, 5.74) is 2.88. The highest BCUT2D eigenvalue weighted by Crippen LogP contribution is 2.27. The Kier molecular flexibility index (Phi) is 6.08. The number of carbonyl (C=O) groups is 1. The van der Waals surface area contributed by atoms with Gasteiger partial charge in [0.05, 0.1) is 5.25 Å². The van der Waals surface area contributed by atoms with Gasteiger partial charge in [-0.2, -0.15) is 0 Å². The molecule has 0 fully saturated rings. The van der Waals surface area contributed by atoms with Crippen molar-refractivity contribution in [3.8, 4) is 11.4 Å². The molecular formula is C21H22N4OS. The van der Waals surface area contributed by atoms with E-state index in [1.165, 1.54) is 11.8 Å². The van der Waals surface area contributed by atoms with Crippen molar-refractivity contribution in [3.63, 3.8) is 0 Å². The minimum atomic E-state index is -0.318. The van der Waals surface area contributed by atoms with Gasteiger partial charge in [-0.25, -0.2) is 0 Å². The molecule has 1 atom stereocenters. The second kappa shape index (κ2) is 8.68. The second-order valence-corrected chi connectivity index (χ2v) is 7.50. The Bertz CT molecular complexity index is 936. The first-order chi connectivity index (χ1) is 13.1. The Hall–Kier alpha value is -2.86. The Morgan fingerprint density at radius 1 is 1.22 bits per heavy atom. The van der Waals surface area contributed by atoms with Gasteiger partial charge in [0.1, 0.15) is 0 Å². The molecule has 0 unspecified atom stereocenters. The van der Waals surface area contributed by atoms with E-state index in [-0.39, 0.29) is 11.2 Å². The number of amides is 1. The van der Waals surface area contributed by atoms with Crippen molar-refractivity contribution in [2.45, 2.75) is 30.8 Å². The minimum Gasteiger partial charge on any atom is -0.325 e. The van der Waals surface area contributed by atoms with E-state index in [4.69, 9.17) is 0 Å². The average molecular weight is 379 g/mol. The van der Waals surface area contributed by atoms with Crippen LogP contribution >= 0.6 is 11.8 Å². The smallest absolute Gasteiger partial charge is 0.237 e. The molecule has 2 aromatic carbocycles. The van der Waals surface area contributed by atoms with E-state index in [9.17, 15) is 4.79 Å². The van der Waals surface area contributed by atoms with Crippen LogP contribution in [0, 0.1) is 6.92 Å². The van der Waals surface area contributed by atoms with E-state index < -0.39 is 0 Å². The number of carbonyl (C=O) groups excluding carboxylic acids is 1. The summed E-state index contributed by atoms with van der Waals surface area (Å²) in [6, 6.07) is 17.6. The van der Waals surface area contributed by atoms with E-state index in [1.807, 2.05) is 73.0 Å². The lowest BCUT2D eigenvalue weighted by molar-refractivity contribution is -0.115. The number of thioether (sulfide) groups is 1. The van der Waals surface area contributed by atoms with Crippen LogP contribution in [0.3, 0.4) is 0 Å². The van der Waals surface area contributed by atoms with Crippen LogP contribution in [-0.4, -0.2) is 25.9 Å². The molecule has 1 N–H and O–H groups in total. The highest BCUT2D eigenvalue weighted by atomic mass is 32.2. The maximum Gasteiger partial charge on any atom is 0.237 e.